The first-order valence-corrected chi connectivity index (χ1v) is 6.50. The highest BCUT2D eigenvalue weighted by Crippen LogP contribution is 2.16. The van der Waals surface area contributed by atoms with Gasteiger partial charge in [-0.15, -0.1) is 0 Å². The number of aromatic amines is 1. The maximum atomic E-state index is 11.5. The molecule has 1 aliphatic rings. The zero-order valence-electron chi connectivity index (χ0n) is 10.8. The van der Waals surface area contributed by atoms with E-state index >= 15 is 0 Å². The summed E-state index contributed by atoms with van der Waals surface area (Å²) in [6.07, 6.45) is 2.16. The van der Waals surface area contributed by atoms with Crippen molar-refractivity contribution in [2.75, 3.05) is 25.1 Å². The van der Waals surface area contributed by atoms with Crippen molar-refractivity contribution in [3.8, 4) is 0 Å². The van der Waals surface area contributed by atoms with Crippen LogP contribution in [0.15, 0.2) is 10.9 Å². The number of hydrogen-bond acceptors (Lipinski definition) is 5. The molecule has 1 saturated heterocycles. The number of H-pyrrole nitrogens is 1. The molecule has 0 unspecified atom stereocenters. The second-order valence-electron chi connectivity index (χ2n) is 4.85. The molecule has 0 radical (unpaired) electrons. The quantitative estimate of drug-likeness (QED) is 0.845. The summed E-state index contributed by atoms with van der Waals surface area (Å²) in [5, 5.41) is 9.70. The van der Waals surface area contributed by atoms with E-state index in [0.717, 1.165) is 38.4 Å². The minimum Gasteiger partial charge on any atom is -0.381 e. The molecule has 102 valence electrons. The number of ether oxygens (including phenoxy) is 1. The summed E-state index contributed by atoms with van der Waals surface area (Å²) < 4.78 is 6.79. The van der Waals surface area contributed by atoms with Gasteiger partial charge in [0, 0.05) is 25.8 Å². The predicted octanol–water partition coefficient (Wildman–Crippen LogP) is 0.565. The number of nitrogens with zero attached hydrogens (tertiary/aromatic N) is 3. The van der Waals surface area contributed by atoms with E-state index in [2.05, 4.69) is 20.5 Å². The summed E-state index contributed by atoms with van der Waals surface area (Å²) in [6.45, 7) is 4.35. The highest BCUT2D eigenvalue weighted by molar-refractivity contribution is 5.49. The Hall–Kier alpha value is -1.89. The van der Waals surface area contributed by atoms with Gasteiger partial charge in [0.05, 0.1) is 0 Å². The molecule has 1 fully saturated rings. The summed E-state index contributed by atoms with van der Waals surface area (Å²) >= 11 is 0. The molecule has 0 aromatic carbocycles. The van der Waals surface area contributed by atoms with Crippen LogP contribution in [0, 0.1) is 12.8 Å². The fourth-order valence-corrected chi connectivity index (χ4v) is 2.39. The molecule has 0 spiro atoms. The van der Waals surface area contributed by atoms with Crippen LogP contribution in [0.5, 0.6) is 0 Å². The van der Waals surface area contributed by atoms with Crippen molar-refractivity contribution in [3.05, 3.63) is 22.4 Å². The average molecular weight is 263 g/mol. The molecule has 3 heterocycles. The van der Waals surface area contributed by atoms with Gasteiger partial charge < -0.3 is 10.1 Å². The van der Waals surface area contributed by atoms with Gasteiger partial charge in [-0.3, -0.25) is 0 Å². The van der Waals surface area contributed by atoms with Gasteiger partial charge in [-0.05, 0) is 25.7 Å². The molecule has 0 amide bonds. The van der Waals surface area contributed by atoms with Crippen LogP contribution in [0.25, 0.3) is 5.65 Å². The number of anilines is 1. The summed E-state index contributed by atoms with van der Waals surface area (Å²) in [7, 11) is 0. The normalized spacial score (nSPS) is 16.9. The number of nitrogens with one attached hydrogen (secondary N) is 2. The Morgan fingerprint density at radius 1 is 1.53 bits per heavy atom. The smallest absolute Gasteiger partial charge is 0.349 e. The largest absolute Gasteiger partial charge is 0.381 e. The van der Waals surface area contributed by atoms with Crippen LogP contribution >= 0.6 is 0 Å². The molecule has 3 rings (SSSR count). The van der Waals surface area contributed by atoms with Crippen molar-refractivity contribution in [2.24, 2.45) is 5.92 Å². The van der Waals surface area contributed by atoms with Gasteiger partial charge in [-0.1, -0.05) is 0 Å². The molecule has 2 aromatic heterocycles. The number of aromatic nitrogens is 4. The van der Waals surface area contributed by atoms with E-state index in [-0.39, 0.29) is 5.69 Å². The van der Waals surface area contributed by atoms with E-state index < -0.39 is 0 Å². The third-order valence-corrected chi connectivity index (χ3v) is 3.48. The van der Waals surface area contributed by atoms with E-state index in [0.29, 0.717) is 17.4 Å². The highest BCUT2D eigenvalue weighted by atomic mass is 16.5. The zero-order chi connectivity index (χ0) is 13.2. The Morgan fingerprint density at radius 2 is 2.32 bits per heavy atom. The Balaban J connectivity index is 1.75. The van der Waals surface area contributed by atoms with Crippen molar-refractivity contribution in [2.45, 2.75) is 19.8 Å². The monoisotopic (exact) mass is 263 g/mol. The lowest BCUT2D eigenvalue weighted by Crippen LogP contribution is -2.23. The first-order chi connectivity index (χ1) is 9.24. The van der Waals surface area contributed by atoms with Crippen molar-refractivity contribution < 1.29 is 4.74 Å². The van der Waals surface area contributed by atoms with Gasteiger partial charge in [0.1, 0.15) is 11.6 Å². The second kappa shape index (κ2) is 5.00. The van der Waals surface area contributed by atoms with Crippen LogP contribution in [-0.4, -0.2) is 39.3 Å². The van der Waals surface area contributed by atoms with Crippen LogP contribution in [0.1, 0.15) is 18.7 Å². The first-order valence-electron chi connectivity index (χ1n) is 6.50. The van der Waals surface area contributed by atoms with Crippen LogP contribution in [0.4, 0.5) is 5.82 Å². The molecule has 0 bridgehead atoms. The molecule has 7 heteroatoms. The number of rotatable bonds is 3. The maximum Gasteiger partial charge on any atom is 0.349 e. The standard InChI is InChI=1S/C12H17N5O2/c1-8-14-10(6-11-15-16-12(18)17(8)11)13-7-9-2-4-19-5-3-9/h6,9,13H,2-5,7H2,1H3,(H,16,18). The number of aryl methyl sites for hydroxylation is 1. The Kier molecular flexibility index (Phi) is 3.20. The minimum absolute atomic E-state index is 0.254. The van der Waals surface area contributed by atoms with Crippen molar-refractivity contribution in [1.29, 1.82) is 0 Å². The Bertz CT molecular complexity index is 627. The Morgan fingerprint density at radius 3 is 3.11 bits per heavy atom. The third-order valence-electron chi connectivity index (χ3n) is 3.48. The molecule has 7 nitrogen and oxygen atoms in total. The molecular formula is C12H17N5O2. The topological polar surface area (TPSA) is 84.3 Å². The van der Waals surface area contributed by atoms with E-state index in [1.54, 1.807) is 13.0 Å². The molecule has 2 N–H and O–H groups in total. The van der Waals surface area contributed by atoms with Crippen molar-refractivity contribution in [1.82, 2.24) is 19.6 Å². The third kappa shape index (κ3) is 2.46. The van der Waals surface area contributed by atoms with Crippen molar-refractivity contribution >= 4 is 11.5 Å². The van der Waals surface area contributed by atoms with Gasteiger partial charge in [0.2, 0.25) is 0 Å². The van der Waals surface area contributed by atoms with Gasteiger partial charge in [-0.25, -0.2) is 19.3 Å². The molecule has 0 atom stereocenters. The van der Waals surface area contributed by atoms with Crippen LogP contribution in [0.2, 0.25) is 0 Å². The molecule has 0 saturated carbocycles. The highest BCUT2D eigenvalue weighted by Gasteiger charge is 2.14. The number of hydrogen-bond donors (Lipinski definition) is 2. The van der Waals surface area contributed by atoms with Gasteiger partial charge in [0.25, 0.3) is 0 Å². The fraction of sp³-hybridized carbons (Fsp3) is 0.583. The van der Waals surface area contributed by atoms with Crippen LogP contribution in [-0.2, 0) is 4.74 Å². The van der Waals surface area contributed by atoms with Gasteiger partial charge in [0.15, 0.2) is 5.65 Å². The summed E-state index contributed by atoms with van der Waals surface area (Å²) in [5.41, 5.74) is 0.336. The predicted molar refractivity (Wildman–Crippen MR) is 70.4 cm³/mol. The fourth-order valence-electron chi connectivity index (χ4n) is 2.39. The molecule has 0 aliphatic carbocycles. The summed E-state index contributed by atoms with van der Waals surface area (Å²) in [5.74, 6) is 2.01. The lowest BCUT2D eigenvalue weighted by atomic mass is 10.0. The van der Waals surface area contributed by atoms with Gasteiger partial charge >= 0.3 is 5.69 Å². The second-order valence-corrected chi connectivity index (χ2v) is 4.85. The van der Waals surface area contributed by atoms with E-state index in [1.165, 1.54) is 4.40 Å². The first kappa shape index (κ1) is 12.2. The minimum atomic E-state index is -0.254. The maximum absolute atomic E-state index is 11.5. The summed E-state index contributed by atoms with van der Waals surface area (Å²) in [4.78, 5) is 15.9. The molecule has 19 heavy (non-hydrogen) atoms. The molecule has 1 aliphatic heterocycles. The van der Waals surface area contributed by atoms with E-state index in [4.69, 9.17) is 4.74 Å². The summed E-state index contributed by atoms with van der Waals surface area (Å²) in [6, 6.07) is 1.78. The lowest BCUT2D eigenvalue weighted by Gasteiger charge is -2.22. The zero-order valence-corrected chi connectivity index (χ0v) is 10.8. The lowest BCUT2D eigenvalue weighted by molar-refractivity contribution is 0.0699. The van der Waals surface area contributed by atoms with Crippen LogP contribution in [0.3, 0.4) is 0 Å². The van der Waals surface area contributed by atoms with E-state index in [9.17, 15) is 4.79 Å². The van der Waals surface area contributed by atoms with Crippen molar-refractivity contribution in [3.63, 3.8) is 0 Å². The molecule has 2 aromatic rings. The van der Waals surface area contributed by atoms with Gasteiger partial charge in [-0.2, -0.15) is 5.10 Å². The van der Waals surface area contributed by atoms with Crippen LogP contribution < -0.4 is 11.0 Å². The SMILES string of the molecule is Cc1nc(NCC2CCOCC2)cc2n[nH]c(=O)n12. The number of fused-ring (bicyclic) bond motifs is 1. The Labute approximate surface area is 110 Å². The van der Waals surface area contributed by atoms with E-state index in [1.807, 2.05) is 0 Å². The average Bonchev–Trinajstić information content (AvgIpc) is 2.80. The molecular weight excluding hydrogens is 246 g/mol.